The van der Waals surface area contributed by atoms with E-state index in [9.17, 15) is 14.9 Å². The largest absolute Gasteiger partial charge is 0.497 e. The molecule has 0 aliphatic heterocycles. The standard InChI is InChI=1S/C11H14N2O6/c1-17-7-3-4-9(13(15)16)10(5-7)19-6-8(12)11(14)18-2/h3-5,8H,6,12H2,1-2H3. The van der Waals surface area contributed by atoms with Crippen LogP contribution in [-0.4, -0.2) is 37.8 Å². The predicted molar refractivity (Wildman–Crippen MR) is 65.1 cm³/mol. The van der Waals surface area contributed by atoms with Gasteiger partial charge < -0.3 is 19.9 Å². The molecule has 0 aromatic heterocycles. The highest BCUT2D eigenvalue weighted by molar-refractivity contribution is 5.75. The fraction of sp³-hybridized carbons (Fsp3) is 0.364. The smallest absolute Gasteiger partial charge is 0.326 e. The van der Waals surface area contributed by atoms with Crippen LogP contribution >= 0.6 is 0 Å². The first kappa shape index (κ1) is 14.7. The van der Waals surface area contributed by atoms with E-state index in [1.54, 1.807) is 0 Å². The van der Waals surface area contributed by atoms with Crippen LogP contribution < -0.4 is 15.2 Å². The van der Waals surface area contributed by atoms with Gasteiger partial charge in [0.25, 0.3) is 0 Å². The van der Waals surface area contributed by atoms with Crippen LogP contribution in [0.25, 0.3) is 0 Å². The fourth-order valence-electron chi connectivity index (χ4n) is 1.29. The Kier molecular flexibility index (Phi) is 5.07. The molecule has 2 N–H and O–H groups in total. The molecule has 0 aliphatic rings. The van der Waals surface area contributed by atoms with E-state index in [0.29, 0.717) is 5.75 Å². The van der Waals surface area contributed by atoms with Crippen LogP contribution in [0.3, 0.4) is 0 Å². The summed E-state index contributed by atoms with van der Waals surface area (Å²) in [5.74, 6) is -0.290. The summed E-state index contributed by atoms with van der Waals surface area (Å²) in [6.07, 6.45) is 0. The lowest BCUT2D eigenvalue weighted by atomic mass is 10.2. The zero-order valence-electron chi connectivity index (χ0n) is 10.5. The maximum Gasteiger partial charge on any atom is 0.326 e. The third-order valence-electron chi connectivity index (χ3n) is 2.29. The molecular formula is C11H14N2O6. The first-order valence-corrected chi connectivity index (χ1v) is 5.28. The summed E-state index contributed by atoms with van der Waals surface area (Å²) in [4.78, 5) is 21.3. The molecule has 1 unspecified atom stereocenters. The second-order valence-corrected chi connectivity index (χ2v) is 3.53. The van der Waals surface area contributed by atoms with Crippen LogP contribution in [-0.2, 0) is 9.53 Å². The summed E-state index contributed by atoms with van der Waals surface area (Å²) in [5.41, 5.74) is 5.23. The molecule has 104 valence electrons. The molecule has 1 rings (SSSR count). The number of carbonyl (C=O) groups excluding carboxylic acids is 1. The van der Waals surface area contributed by atoms with Crippen LogP contribution in [0.2, 0.25) is 0 Å². The van der Waals surface area contributed by atoms with Gasteiger partial charge in [0.05, 0.1) is 19.1 Å². The van der Waals surface area contributed by atoms with Gasteiger partial charge in [-0.05, 0) is 6.07 Å². The van der Waals surface area contributed by atoms with Crippen molar-refractivity contribution in [2.75, 3.05) is 20.8 Å². The third-order valence-corrected chi connectivity index (χ3v) is 2.29. The van der Waals surface area contributed by atoms with Gasteiger partial charge in [0.2, 0.25) is 5.75 Å². The first-order chi connectivity index (χ1) is 8.99. The molecule has 0 fully saturated rings. The Morgan fingerprint density at radius 3 is 2.68 bits per heavy atom. The Bertz CT molecular complexity index is 476. The van der Waals surface area contributed by atoms with Crippen molar-refractivity contribution in [1.29, 1.82) is 0 Å². The second-order valence-electron chi connectivity index (χ2n) is 3.53. The average molecular weight is 270 g/mol. The highest BCUT2D eigenvalue weighted by atomic mass is 16.6. The van der Waals surface area contributed by atoms with Crippen LogP contribution in [0, 0.1) is 10.1 Å². The number of nitrogens with two attached hydrogens (primary N) is 1. The molecule has 0 aliphatic carbocycles. The van der Waals surface area contributed by atoms with Crippen LogP contribution in [0.1, 0.15) is 0 Å². The molecule has 0 saturated carbocycles. The van der Waals surface area contributed by atoms with Crippen molar-refractivity contribution in [3.63, 3.8) is 0 Å². The van der Waals surface area contributed by atoms with E-state index in [0.717, 1.165) is 0 Å². The van der Waals surface area contributed by atoms with Crippen molar-refractivity contribution >= 4 is 11.7 Å². The summed E-state index contributed by atoms with van der Waals surface area (Å²) in [7, 11) is 2.61. The molecule has 0 saturated heterocycles. The molecule has 1 aromatic carbocycles. The van der Waals surface area contributed by atoms with Crippen molar-refractivity contribution in [3.05, 3.63) is 28.3 Å². The lowest BCUT2D eigenvalue weighted by molar-refractivity contribution is -0.385. The lowest BCUT2D eigenvalue weighted by Crippen LogP contribution is -2.37. The Morgan fingerprint density at radius 1 is 1.47 bits per heavy atom. The molecular weight excluding hydrogens is 256 g/mol. The number of carbonyl (C=O) groups is 1. The monoisotopic (exact) mass is 270 g/mol. The molecule has 0 heterocycles. The maximum absolute atomic E-state index is 11.1. The zero-order valence-corrected chi connectivity index (χ0v) is 10.5. The Labute approximate surface area is 109 Å². The lowest BCUT2D eigenvalue weighted by Gasteiger charge is -2.12. The van der Waals surface area contributed by atoms with E-state index in [1.165, 1.54) is 32.4 Å². The molecule has 19 heavy (non-hydrogen) atoms. The maximum atomic E-state index is 11.1. The highest BCUT2D eigenvalue weighted by Gasteiger charge is 2.20. The minimum absolute atomic E-state index is 0.0243. The van der Waals surface area contributed by atoms with Crippen LogP contribution in [0.5, 0.6) is 11.5 Å². The molecule has 8 nitrogen and oxygen atoms in total. The number of ether oxygens (including phenoxy) is 3. The quantitative estimate of drug-likeness (QED) is 0.454. The van der Waals surface area contributed by atoms with E-state index < -0.39 is 16.9 Å². The SMILES string of the molecule is COC(=O)C(N)COc1cc(OC)ccc1[N+](=O)[O-]. The van der Waals surface area contributed by atoms with Gasteiger partial charge in [0.1, 0.15) is 18.4 Å². The molecule has 1 aromatic rings. The average Bonchev–Trinajstić information content (AvgIpc) is 2.43. The minimum Gasteiger partial charge on any atom is -0.497 e. The molecule has 1 atom stereocenters. The van der Waals surface area contributed by atoms with E-state index in [1.807, 2.05) is 0 Å². The van der Waals surface area contributed by atoms with Gasteiger partial charge in [-0.25, -0.2) is 0 Å². The second kappa shape index (κ2) is 6.55. The molecule has 0 radical (unpaired) electrons. The van der Waals surface area contributed by atoms with Gasteiger partial charge in [-0.1, -0.05) is 0 Å². The summed E-state index contributed by atoms with van der Waals surface area (Å²) in [5, 5.41) is 10.8. The van der Waals surface area contributed by atoms with Crippen LogP contribution in [0.4, 0.5) is 5.69 Å². The summed E-state index contributed by atoms with van der Waals surface area (Å²) >= 11 is 0. The van der Waals surface area contributed by atoms with Crippen molar-refractivity contribution < 1.29 is 23.9 Å². The number of nitro benzene ring substituents is 1. The summed E-state index contributed by atoms with van der Waals surface area (Å²) in [6, 6.07) is 3.02. The van der Waals surface area contributed by atoms with Gasteiger partial charge >= 0.3 is 11.7 Å². The van der Waals surface area contributed by atoms with Gasteiger partial charge in [-0.15, -0.1) is 0 Å². The van der Waals surface area contributed by atoms with Gasteiger partial charge in [-0.2, -0.15) is 0 Å². The van der Waals surface area contributed by atoms with E-state index in [2.05, 4.69) is 4.74 Å². The zero-order chi connectivity index (χ0) is 14.4. The third kappa shape index (κ3) is 3.81. The molecule has 0 spiro atoms. The molecule has 0 amide bonds. The van der Waals surface area contributed by atoms with Crippen molar-refractivity contribution in [3.8, 4) is 11.5 Å². The van der Waals surface area contributed by atoms with Crippen molar-refractivity contribution in [2.45, 2.75) is 6.04 Å². The Morgan fingerprint density at radius 2 is 2.16 bits per heavy atom. The van der Waals surface area contributed by atoms with E-state index in [-0.39, 0.29) is 18.0 Å². The van der Waals surface area contributed by atoms with E-state index in [4.69, 9.17) is 15.2 Å². The minimum atomic E-state index is -1.02. The normalized spacial score (nSPS) is 11.5. The number of methoxy groups -OCH3 is 2. The van der Waals surface area contributed by atoms with Gasteiger partial charge in [-0.3, -0.25) is 14.9 Å². The van der Waals surface area contributed by atoms with Crippen molar-refractivity contribution in [2.24, 2.45) is 5.73 Å². The van der Waals surface area contributed by atoms with Gasteiger partial charge in [0, 0.05) is 12.1 Å². The highest BCUT2D eigenvalue weighted by Crippen LogP contribution is 2.31. The molecule has 8 heteroatoms. The van der Waals surface area contributed by atoms with Gasteiger partial charge in [0.15, 0.2) is 0 Å². The number of nitrogens with zero attached hydrogens (tertiary/aromatic N) is 1. The number of hydrogen-bond donors (Lipinski definition) is 1. The number of nitro groups is 1. The summed E-state index contributed by atoms with van der Waals surface area (Å²) in [6.45, 7) is -0.235. The number of hydrogen-bond acceptors (Lipinski definition) is 7. The molecule has 0 bridgehead atoms. The number of rotatable bonds is 6. The Balaban J connectivity index is 2.86. The Hall–Kier alpha value is -2.35. The number of benzene rings is 1. The predicted octanol–water partition coefficient (Wildman–Crippen LogP) is 0.482. The van der Waals surface area contributed by atoms with E-state index >= 15 is 0 Å². The van der Waals surface area contributed by atoms with Crippen molar-refractivity contribution in [1.82, 2.24) is 0 Å². The topological polar surface area (TPSA) is 114 Å². The fourth-order valence-corrected chi connectivity index (χ4v) is 1.29. The number of esters is 1. The van der Waals surface area contributed by atoms with Crippen LogP contribution in [0.15, 0.2) is 18.2 Å². The summed E-state index contributed by atoms with van der Waals surface area (Å²) < 4.78 is 14.5. The first-order valence-electron chi connectivity index (χ1n) is 5.28.